The molecule has 1 heterocycles. The molecule has 2 rings (SSSR count). The summed E-state index contributed by atoms with van der Waals surface area (Å²) in [5.74, 6) is 1.07. The first kappa shape index (κ1) is 16.5. The van der Waals surface area contributed by atoms with E-state index < -0.39 is 0 Å². The van der Waals surface area contributed by atoms with Crippen LogP contribution in [0.15, 0.2) is 16.7 Å². The third-order valence-corrected chi connectivity index (χ3v) is 3.79. The molecule has 1 saturated carbocycles. The van der Waals surface area contributed by atoms with Crippen LogP contribution in [0.4, 0.5) is 0 Å². The van der Waals surface area contributed by atoms with Crippen LogP contribution in [0.1, 0.15) is 30.6 Å². The Hall–Kier alpha value is -0.880. The van der Waals surface area contributed by atoms with E-state index in [2.05, 4.69) is 16.3 Å². The van der Waals surface area contributed by atoms with Gasteiger partial charge in [-0.05, 0) is 25.3 Å². The maximum absolute atomic E-state index is 5.63. The Balaban J connectivity index is 1.83. The van der Waals surface area contributed by atoms with Gasteiger partial charge in [0.15, 0.2) is 0 Å². The van der Waals surface area contributed by atoms with Crippen LogP contribution in [0.5, 0.6) is 0 Å². The molecule has 0 radical (unpaired) electrons. The Labute approximate surface area is 127 Å². The maximum Gasteiger partial charge on any atom is 0.122 e. The number of rotatable bonds is 12. The molecule has 1 aliphatic carbocycles. The van der Waals surface area contributed by atoms with Crippen molar-refractivity contribution in [2.75, 3.05) is 40.5 Å². The Morgan fingerprint density at radius 3 is 2.76 bits per heavy atom. The highest BCUT2D eigenvalue weighted by atomic mass is 16.5. The molecule has 0 aromatic carbocycles. The molecule has 5 heteroatoms. The summed E-state index contributed by atoms with van der Waals surface area (Å²) in [4.78, 5) is 2.40. The highest BCUT2D eigenvalue weighted by Gasteiger charge is 2.21. The standard InChI is InChI=1S/C16H28N2O3/c1-19-9-3-7-18(8-11-20-2)13-14-6-10-21-16(14)12-17-15-4-5-15/h6,10,15,17H,3-5,7-9,11-13H2,1-2H3. The summed E-state index contributed by atoms with van der Waals surface area (Å²) in [5.41, 5.74) is 1.27. The zero-order valence-corrected chi connectivity index (χ0v) is 13.3. The van der Waals surface area contributed by atoms with E-state index in [0.29, 0.717) is 6.04 Å². The van der Waals surface area contributed by atoms with E-state index in [4.69, 9.17) is 13.9 Å². The average Bonchev–Trinajstić information content (AvgIpc) is 3.22. The lowest BCUT2D eigenvalue weighted by atomic mass is 10.2. The third kappa shape index (κ3) is 6.18. The van der Waals surface area contributed by atoms with Gasteiger partial charge in [0.25, 0.3) is 0 Å². The van der Waals surface area contributed by atoms with Crippen molar-refractivity contribution in [2.24, 2.45) is 0 Å². The molecule has 0 aliphatic heterocycles. The van der Waals surface area contributed by atoms with Gasteiger partial charge in [0.2, 0.25) is 0 Å². The maximum atomic E-state index is 5.63. The highest BCUT2D eigenvalue weighted by Crippen LogP contribution is 2.21. The van der Waals surface area contributed by atoms with Gasteiger partial charge in [-0.15, -0.1) is 0 Å². The number of furan rings is 1. The number of hydrogen-bond acceptors (Lipinski definition) is 5. The zero-order chi connectivity index (χ0) is 14.9. The molecule has 0 bridgehead atoms. The second-order valence-corrected chi connectivity index (χ2v) is 5.64. The molecule has 0 saturated heterocycles. The van der Waals surface area contributed by atoms with Crippen LogP contribution < -0.4 is 5.32 Å². The predicted octanol–water partition coefficient (Wildman–Crippen LogP) is 2.02. The van der Waals surface area contributed by atoms with Gasteiger partial charge in [0.1, 0.15) is 5.76 Å². The SMILES string of the molecule is COCCCN(CCOC)Cc1ccoc1CNC1CC1. The summed E-state index contributed by atoms with van der Waals surface area (Å²) >= 11 is 0. The molecular weight excluding hydrogens is 268 g/mol. The van der Waals surface area contributed by atoms with Crippen molar-refractivity contribution in [1.82, 2.24) is 10.2 Å². The fourth-order valence-electron chi connectivity index (χ4n) is 2.35. The molecule has 120 valence electrons. The average molecular weight is 296 g/mol. The third-order valence-electron chi connectivity index (χ3n) is 3.79. The Kier molecular flexibility index (Phi) is 7.23. The minimum Gasteiger partial charge on any atom is -0.468 e. The highest BCUT2D eigenvalue weighted by molar-refractivity contribution is 5.17. The minimum atomic E-state index is 0.703. The lowest BCUT2D eigenvalue weighted by Crippen LogP contribution is -2.29. The molecule has 1 N–H and O–H groups in total. The molecule has 21 heavy (non-hydrogen) atoms. The van der Waals surface area contributed by atoms with Crippen molar-refractivity contribution < 1.29 is 13.9 Å². The van der Waals surface area contributed by atoms with E-state index in [0.717, 1.165) is 51.6 Å². The molecule has 1 aromatic rings. The van der Waals surface area contributed by atoms with Crippen molar-refractivity contribution in [3.63, 3.8) is 0 Å². The Bertz CT molecular complexity index is 391. The smallest absolute Gasteiger partial charge is 0.122 e. The summed E-state index contributed by atoms with van der Waals surface area (Å²) in [6.45, 7) is 5.23. The lowest BCUT2D eigenvalue weighted by molar-refractivity contribution is 0.129. The largest absolute Gasteiger partial charge is 0.468 e. The van der Waals surface area contributed by atoms with Crippen LogP contribution in [-0.4, -0.2) is 51.5 Å². The van der Waals surface area contributed by atoms with Crippen molar-refractivity contribution in [3.05, 3.63) is 23.7 Å². The van der Waals surface area contributed by atoms with Gasteiger partial charge in [0, 0.05) is 52.1 Å². The van der Waals surface area contributed by atoms with E-state index >= 15 is 0 Å². The van der Waals surface area contributed by atoms with E-state index in [1.165, 1.54) is 18.4 Å². The van der Waals surface area contributed by atoms with Crippen molar-refractivity contribution in [3.8, 4) is 0 Å². The first-order valence-corrected chi connectivity index (χ1v) is 7.82. The van der Waals surface area contributed by atoms with E-state index in [1.807, 2.05) is 0 Å². The van der Waals surface area contributed by atoms with E-state index in [1.54, 1.807) is 20.5 Å². The van der Waals surface area contributed by atoms with E-state index in [9.17, 15) is 0 Å². The minimum absolute atomic E-state index is 0.703. The zero-order valence-electron chi connectivity index (χ0n) is 13.3. The van der Waals surface area contributed by atoms with Crippen LogP contribution in [0, 0.1) is 0 Å². The van der Waals surface area contributed by atoms with E-state index in [-0.39, 0.29) is 0 Å². The van der Waals surface area contributed by atoms with Crippen LogP contribution in [0.3, 0.4) is 0 Å². The number of nitrogens with zero attached hydrogens (tertiary/aromatic N) is 1. The van der Waals surface area contributed by atoms with Gasteiger partial charge in [0.05, 0.1) is 19.4 Å². The van der Waals surface area contributed by atoms with Crippen LogP contribution in [0.25, 0.3) is 0 Å². The van der Waals surface area contributed by atoms with Crippen molar-refractivity contribution in [1.29, 1.82) is 0 Å². The first-order chi connectivity index (χ1) is 10.3. The molecule has 1 aliphatic rings. The quantitative estimate of drug-likeness (QED) is 0.598. The summed E-state index contributed by atoms with van der Waals surface area (Å²) in [5, 5.41) is 3.51. The summed E-state index contributed by atoms with van der Waals surface area (Å²) < 4.78 is 16.0. The number of ether oxygens (including phenoxy) is 2. The summed E-state index contributed by atoms with van der Waals surface area (Å²) in [6, 6.07) is 2.79. The Morgan fingerprint density at radius 1 is 1.24 bits per heavy atom. The van der Waals surface area contributed by atoms with Crippen molar-refractivity contribution >= 4 is 0 Å². The molecule has 0 spiro atoms. The van der Waals surface area contributed by atoms with Gasteiger partial charge in [-0.3, -0.25) is 4.90 Å². The lowest BCUT2D eigenvalue weighted by Gasteiger charge is -2.21. The second kappa shape index (κ2) is 9.20. The summed E-state index contributed by atoms with van der Waals surface area (Å²) in [7, 11) is 3.49. The number of methoxy groups -OCH3 is 2. The number of nitrogens with one attached hydrogen (secondary N) is 1. The molecule has 1 aromatic heterocycles. The predicted molar refractivity (Wildman–Crippen MR) is 82.2 cm³/mol. The monoisotopic (exact) mass is 296 g/mol. The number of hydrogen-bond donors (Lipinski definition) is 1. The van der Waals surface area contributed by atoms with Gasteiger partial charge >= 0.3 is 0 Å². The molecule has 1 fully saturated rings. The second-order valence-electron chi connectivity index (χ2n) is 5.64. The normalized spacial score (nSPS) is 15.0. The van der Waals surface area contributed by atoms with Crippen LogP contribution in [0.2, 0.25) is 0 Å². The van der Waals surface area contributed by atoms with Gasteiger partial charge < -0.3 is 19.2 Å². The fourth-order valence-corrected chi connectivity index (χ4v) is 2.35. The van der Waals surface area contributed by atoms with Crippen molar-refractivity contribution in [2.45, 2.75) is 38.4 Å². The van der Waals surface area contributed by atoms with Gasteiger partial charge in [-0.25, -0.2) is 0 Å². The summed E-state index contributed by atoms with van der Waals surface area (Å²) in [6.07, 6.45) is 5.43. The first-order valence-electron chi connectivity index (χ1n) is 7.82. The molecule has 5 nitrogen and oxygen atoms in total. The van der Waals surface area contributed by atoms with Crippen LogP contribution in [-0.2, 0) is 22.6 Å². The molecule has 0 unspecified atom stereocenters. The molecular formula is C16H28N2O3. The Morgan fingerprint density at radius 2 is 2.05 bits per heavy atom. The molecule has 0 amide bonds. The van der Waals surface area contributed by atoms with Gasteiger partial charge in [-0.1, -0.05) is 0 Å². The molecule has 0 atom stereocenters. The van der Waals surface area contributed by atoms with Crippen LogP contribution >= 0.6 is 0 Å². The topological polar surface area (TPSA) is 46.9 Å². The van der Waals surface area contributed by atoms with Gasteiger partial charge in [-0.2, -0.15) is 0 Å². The fraction of sp³-hybridized carbons (Fsp3) is 0.750.